The molecule has 0 aliphatic rings. The first-order valence-electron chi connectivity index (χ1n) is 6.99. The number of carbonyl (C=O) groups excluding carboxylic acids is 1. The Morgan fingerprint density at radius 2 is 2.05 bits per heavy atom. The van der Waals surface area contributed by atoms with E-state index < -0.39 is 0 Å². The number of hydrogen-bond donors (Lipinski definition) is 2. The Labute approximate surface area is 134 Å². The second-order valence-corrected chi connectivity index (χ2v) is 6.01. The van der Waals surface area contributed by atoms with E-state index in [2.05, 4.69) is 21.6 Å². The molecule has 2 N–H and O–H groups in total. The van der Waals surface area contributed by atoms with Crippen LogP contribution >= 0.6 is 11.3 Å². The number of nitrogens with zero attached hydrogens (tertiary/aromatic N) is 1. The molecular formula is C16H21N3O2S. The van der Waals surface area contributed by atoms with E-state index >= 15 is 0 Å². The van der Waals surface area contributed by atoms with Gasteiger partial charge in [-0.1, -0.05) is 18.2 Å². The first-order chi connectivity index (χ1) is 10.6. The van der Waals surface area contributed by atoms with Crippen molar-refractivity contribution in [2.45, 2.75) is 6.04 Å². The zero-order valence-corrected chi connectivity index (χ0v) is 13.8. The number of rotatable bonds is 6. The molecule has 1 aromatic carbocycles. The number of likely N-dealkylation sites (N-methyl/N-ethyl adjacent to an activating group) is 1. The number of hydrogen-bond acceptors (Lipinski definition) is 4. The fourth-order valence-electron chi connectivity index (χ4n) is 2.12. The molecule has 22 heavy (non-hydrogen) atoms. The van der Waals surface area contributed by atoms with Crippen LogP contribution in [0.15, 0.2) is 41.8 Å². The van der Waals surface area contributed by atoms with E-state index in [1.165, 1.54) is 4.88 Å². The van der Waals surface area contributed by atoms with Crippen molar-refractivity contribution in [3.63, 3.8) is 0 Å². The molecule has 0 spiro atoms. The van der Waals surface area contributed by atoms with Crippen LogP contribution in [0.2, 0.25) is 0 Å². The number of carbonyl (C=O) groups is 1. The summed E-state index contributed by atoms with van der Waals surface area (Å²) in [6.07, 6.45) is 0. The Kier molecular flexibility index (Phi) is 5.80. The minimum atomic E-state index is -0.243. The minimum Gasteiger partial charge on any atom is -0.495 e. The van der Waals surface area contributed by atoms with Gasteiger partial charge in [0.05, 0.1) is 18.8 Å². The zero-order chi connectivity index (χ0) is 15.9. The Balaban J connectivity index is 1.94. The molecule has 0 saturated carbocycles. The number of methoxy groups -OCH3 is 1. The van der Waals surface area contributed by atoms with Crippen LogP contribution in [0.5, 0.6) is 5.75 Å². The molecule has 2 rings (SSSR count). The Morgan fingerprint density at radius 3 is 2.68 bits per heavy atom. The van der Waals surface area contributed by atoms with Crippen LogP contribution in [0.3, 0.4) is 0 Å². The van der Waals surface area contributed by atoms with E-state index in [0.29, 0.717) is 18.0 Å². The fourth-order valence-corrected chi connectivity index (χ4v) is 3.04. The van der Waals surface area contributed by atoms with Crippen molar-refractivity contribution in [3.8, 4) is 5.75 Å². The first kappa shape index (κ1) is 16.3. The van der Waals surface area contributed by atoms with Crippen molar-refractivity contribution < 1.29 is 9.53 Å². The van der Waals surface area contributed by atoms with E-state index in [4.69, 9.17) is 4.74 Å². The van der Waals surface area contributed by atoms with E-state index in [9.17, 15) is 4.79 Å². The maximum atomic E-state index is 12.1. The van der Waals surface area contributed by atoms with Crippen molar-refractivity contribution in [3.05, 3.63) is 46.7 Å². The average molecular weight is 319 g/mol. The largest absolute Gasteiger partial charge is 0.495 e. The van der Waals surface area contributed by atoms with Crippen LogP contribution in [0.25, 0.3) is 0 Å². The standard InChI is InChI=1S/C16H21N3O2S/c1-19(2)13(15-9-6-10-22-15)11-17-16(20)18-12-7-4-5-8-14(12)21-3/h4-10,13H,11H2,1-3H3,(H2,17,18,20). The number of nitrogens with one attached hydrogen (secondary N) is 2. The number of anilines is 1. The summed E-state index contributed by atoms with van der Waals surface area (Å²) in [7, 11) is 5.59. The van der Waals surface area contributed by atoms with E-state index in [0.717, 1.165) is 0 Å². The van der Waals surface area contributed by atoms with Gasteiger partial charge in [0.1, 0.15) is 5.75 Å². The quantitative estimate of drug-likeness (QED) is 0.860. The van der Waals surface area contributed by atoms with Gasteiger partial charge in [0.2, 0.25) is 0 Å². The summed E-state index contributed by atoms with van der Waals surface area (Å²) < 4.78 is 5.22. The Morgan fingerprint density at radius 1 is 1.27 bits per heavy atom. The van der Waals surface area contributed by atoms with Crippen molar-refractivity contribution in [2.24, 2.45) is 0 Å². The smallest absolute Gasteiger partial charge is 0.319 e. The number of para-hydroxylation sites is 2. The molecule has 118 valence electrons. The maximum absolute atomic E-state index is 12.1. The van der Waals surface area contributed by atoms with Crippen LogP contribution in [0, 0.1) is 0 Å². The van der Waals surface area contributed by atoms with Crippen LogP contribution in [-0.2, 0) is 0 Å². The Bertz CT molecular complexity index is 599. The second-order valence-electron chi connectivity index (χ2n) is 5.03. The lowest BCUT2D eigenvalue weighted by atomic mass is 10.2. The first-order valence-corrected chi connectivity index (χ1v) is 7.87. The predicted octanol–water partition coefficient (Wildman–Crippen LogP) is 3.18. The number of urea groups is 1. The number of benzene rings is 1. The van der Waals surface area contributed by atoms with Gasteiger partial charge in [0.25, 0.3) is 0 Å². The summed E-state index contributed by atoms with van der Waals surface area (Å²) in [5.74, 6) is 0.639. The van der Waals surface area contributed by atoms with Gasteiger partial charge in [-0.2, -0.15) is 0 Å². The lowest BCUT2D eigenvalue weighted by Gasteiger charge is -2.23. The van der Waals surface area contributed by atoms with Crippen molar-refractivity contribution >= 4 is 23.1 Å². The zero-order valence-electron chi connectivity index (χ0n) is 13.0. The lowest BCUT2D eigenvalue weighted by molar-refractivity contribution is 0.244. The predicted molar refractivity (Wildman–Crippen MR) is 90.8 cm³/mol. The van der Waals surface area contributed by atoms with Gasteiger partial charge in [-0.05, 0) is 37.7 Å². The third-order valence-corrected chi connectivity index (χ3v) is 4.28. The number of thiophene rings is 1. The molecule has 0 saturated heterocycles. The second kappa shape index (κ2) is 7.82. The van der Waals surface area contributed by atoms with Crippen molar-refractivity contribution in [1.29, 1.82) is 0 Å². The summed E-state index contributed by atoms with van der Waals surface area (Å²) in [4.78, 5) is 15.4. The lowest BCUT2D eigenvalue weighted by Crippen LogP contribution is -2.36. The average Bonchev–Trinajstić information content (AvgIpc) is 3.01. The topological polar surface area (TPSA) is 53.6 Å². The minimum absolute atomic E-state index is 0.156. The van der Waals surface area contributed by atoms with E-state index in [1.54, 1.807) is 24.5 Å². The van der Waals surface area contributed by atoms with Crippen LogP contribution in [-0.4, -0.2) is 38.7 Å². The third-order valence-electron chi connectivity index (χ3n) is 3.31. The molecule has 5 nitrogen and oxygen atoms in total. The van der Waals surface area contributed by atoms with E-state index in [-0.39, 0.29) is 12.1 Å². The van der Waals surface area contributed by atoms with Crippen molar-refractivity contribution in [1.82, 2.24) is 10.2 Å². The van der Waals surface area contributed by atoms with Crippen LogP contribution in [0.1, 0.15) is 10.9 Å². The normalized spacial score (nSPS) is 12.0. The molecule has 0 radical (unpaired) electrons. The fraction of sp³-hybridized carbons (Fsp3) is 0.312. The number of ether oxygens (including phenoxy) is 1. The highest BCUT2D eigenvalue weighted by Crippen LogP contribution is 2.24. The Hall–Kier alpha value is -2.05. The highest BCUT2D eigenvalue weighted by atomic mass is 32.1. The molecule has 0 fully saturated rings. The van der Waals surface area contributed by atoms with E-state index in [1.807, 2.05) is 43.7 Å². The molecule has 6 heteroatoms. The summed E-state index contributed by atoms with van der Waals surface area (Å²) in [5.41, 5.74) is 0.653. The van der Waals surface area contributed by atoms with Gasteiger partial charge >= 0.3 is 6.03 Å². The van der Waals surface area contributed by atoms with Gasteiger partial charge in [-0.3, -0.25) is 0 Å². The molecule has 2 aromatic rings. The summed E-state index contributed by atoms with van der Waals surface area (Å²) in [6, 6.07) is 11.3. The summed E-state index contributed by atoms with van der Waals surface area (Å²) >= 11 is 1.69. The highest BCUT2D eigenvalue weighted by Gasteiger charge is 2.16. The SMILES string of the molecule is COc1ccccc1NC(=O)NCC(c1cccs1)N(C)C. The highest BCUT2D eigenvalue weighted by molar-refractivity contribution is 7.10. The molecule has 1 aromatic heterocycles. The monoisotopic (exact) mass is 319 g/mol. The molecule has 1 unspecified atom stereocenters. The number of amides is 2. The van der Waals surface area contributed by atoms with Gasteiger partial charge in [0.15, 0.2) is 0 Å². The molecule has 0 bridgehead atoms. The maximum Gasteiger partial charge on any atom is 0.319 e. The van der Waals surface area contributed by atoms with Crippen LogP contribution < -0.4 is 15.4 Å². The molecular weight excluding hydrogens is 298 g/mol. The molecule has 2 amide bonds. The van der Waals surface area contributed by atoms with Gasteiger partial charge < -0.3 is 20.3 Å². The van der Waals surface area contributed by atoms with Crippen molar-refractivity contribution in [2.75, 3.05) is 33.1 Å². The molecule has 0 aliphatic heterocycles. The van der Waals surface area contributed by atoms with Gasteiger partial charge in [0, 0.05) is 11.4 Å². The van der Waals surface area contributed by atoms with Gasteiger partial charge in [-0.25, -0.2) is 4.79 Å². The summed E-state index contributed by atoms with van der Waals surface area (Å²) in [5, 5.41) is 7.76. The molecule has 1 heterocycles. The molecule has 0 aliphatic carbocycles. The molecule has 1 atom stereocenters. The summed E-state index contributed by atoms with van der Waals surface area (Å²) in [6.45, 7) is 0.536. The van der Waals surface area contributed by atoms with Gasteiger partial charge in [-0.15, -0.1) is 11.3 Å². The van der Waals surface area contributed by atoms with Crippen LogP contribution in [0.4, 0.5) is 10.5 Å². The third kappa shape index (κ3) is 4.22.